The third-order valence-electron chi connectivity index (χ3n) is 4.46. The van der Waals surface area contributed by atoms with E-state index in [4.69, 9.17) is 0 Å². The molecule has 1 saturated carbocycles. The van der Waals surface area contributed by atoms with Crippen molar-refractivity contribution >= 4 is 18.5 Å². The first-order chi connectivity index (χ1) is 7.56. The van der Waals surface area contributed by atoms with Gasteiger partial charge in [0, 0.05) is 19.5 Å². The lowest BCUT2D eigenvalue weighted by molar-refractivity contribution is -0.129. The molecule has 0 radical (unpaired) electrons. The van der Waals surface area contributed by atoms with E-state index in [-0.39, 0.29) is 0 Å². The molecule has 92 valence electrons. The smallest absolute Gasteiger partial charge is 0.222 e. The minimum absolute atomic E-state index is 0.352. The molecule has 16 heavy (non-hydrogen) atoms. The van der Waals surface area contributed by atoms with Gasteiger partial charge >= 0.3 is 0 Å². The number of hydrogen-bond acceptors (Lipinski definition) is 2. The highest BCUT2D eigenvalue weighted by molar-refractivity contribution is 7.80. The lowest BCUT2D eigenvalue weighted by atomic mass is 9.70. The fourth-order valence-corrected chi connectivity index (χ4v) is 3.27. The van der Waals surface area contributed by atoms with E-state index in [0.717, 1.165) is 25.3 Å². The summed E-state index contributed by atoms with van der Waals surface area (Å²) in [6, 6.07) is 0. The maximum absolute atomic E-state index is 11.9. The number of carbonyl (C=O) groups is 1. The molecule has 2 rings (SSSR count). The first kappa shape index (κ1) is 12.3. The van der Waals surface area contributed by atoms with Crippen LogP contribution in [0.1, 0.15) is 39.5 Å². The van der Waals surface area contributed by atoms with Crippen molar-refractivity contribution in [1.82, 2.24) is 4.90 Å². The van der Waals surface area contributed by atoms with Crippen molar-refractivity contribution in [2.24, 2.45) is 17.3 Å². The largest absolute Gasteiger partial charge is 0.342 e. The summed E-state index contributed by atoms with van der Waals surface area (Å²) in [6.45, 7) is 6.38. The number of likely N-dealkylation sites (tertiary alicyclic amines) is 1. The Labute approximate surface area is 104 Å². The topological polar surface area (TPSA) is 20.3 Å². The highest BCUT2D eigenvalue weighted by atomic mass is 32.1. The van der Waals surface area contributed by atoms with Gasteiger partial charge in [-0.1, -0.05) is 20.3 Å². The van der Waals surface area contributed by atoms with Gasteiger partial charge in [0.1, 0.15) is 0 Å². The van der Waals surface area contributed by atoms with Gasteiger partial charge in [0.05, 0.1) is 0 Å². The minimum atomic E-state index is 0.352. The van der Waals surface area contributed by atoms with Crippen LogP contribution in [0.3, 0.4) is 0 Å². The molecule has 0 aromatic carbocycles. The first-order valence-electron chi connectivity index (χ1n) is 6.45. The predicted octanol–water partition coefficient (Wildman–Crippen LogP) is 2.59. The summed E-state index contributed by atoms with van der Waals surface area (Å²) in [4.78, 5) is 14.0. The van der Waals surface area contributed by atoms with Crippen molar-refractivity contribution in [3.63, 3.8) is 0 Å². The molecule has 2 nitrogen and oxygen atoms in total. The van der Waals surface area contributed by atoms with Gasteiger partial charge in [-0.3, -0.25) is 4.79 Å². The highest BCUT2D eigenvalue weighted by Crippen LogP contribution is 2.43. The summed E-state index contributed by atoms with van der Waals surface area (Å²) < 4.78 is 0. The summed E-state index contributed by atoms with van der Waals surface area (Å²) in [7, 11) is 0. The normalized spacial score (nSPS) is 28.6. The quantitative estimate of drug-likeness (QED) is 0.750. The van der Waals surface area contributed by atoms with Gasteiger partial charge in [0.2, 0.25) is 5.91 Å². The molecule has 1 saturated heterocycles. The lowest BCUT2D eigenvalue weighted by Gasteiger charge is -2.43. The molecule has 2 aliphatic rings. The van der Waals surface area contributed by atoms with Crippen LogP contribution in [0.25, 0.3) is 0 Å². The Bertz CT molecular complexity index is 268. The number of thiol groups is 1. The van der Waals surface area contributed by atoms with Crippen LogP contribution in [0.4, 0.5) is 0 Å². The Morgan fingerprint density at radius 1 is 1.50 bits per heavy atom. The first-order valence-corrected chi connectivity index (χ1v) is 7.08. The van der Waals surface area contributed by atoms with E-state index >= 15 is 0 Å². The lowest BCUT2D eigenvalue weighted by Crippen LogP contribution is -2.44. The van der Waals surface area contributed by atoms with Crippen molar-refractivity contribution in [2.75, 3.05) is 18.8 Å². The van der Waals surface area contributed by atoms with Gasteiger partial charge in [0.15, 0.2) is 0 Å². The highest BCUT2D eigenvalue weighted by Gasteiger charge is 2.41. The third kappa shape index (κ3) is 2.24. The Hall–Kier alpha value is -0.180. The molecule has 2 fully saturated rings. The molecule has 3 heteroatoms. The van der Waals surface area contributed by atoms with Crippen molar-refractivity contribution in [3.05, 3.63) is 0 Å². The van der Waals surface area contributed by atoms with Gasteiger partial charge in [-0.2, -0.15) is 12.6 Å². The summed E-state index contributed by atoms with van der Waals surface area (Å²) >= 11 is 4.46. The van der Waals surface area contributed by atoms with Crippen LogP contribution in [-0.4, -0.2) is 29.6 Å². The summed E-state index contributed by atoms with van der Waals surface area (Å²) in [6.07, 6.45) is 4.59. The zero-order valence-electron chi connectivity index (χ0n) is 10.4. The SMILES string of the molecule is CC(C)C1CC(=O)N(CC2(CS)CCC2)C1. The fourth-order valence-electron chi connectivity index (χ4n) is 2.85. The van der Waals surface area contributed by atoms with Crippen LogP contribution in [0.15, 0.2) is 0 Å². The van der Waals surface area contributed by atoms with Crippen molar-refractivity contribution in [1.29, 1.82) is 0 Å². The second kappa shape index (κ2) is 4.59. The molecule has 1 amide bonds. The second-order valence-electron chi connectivity index (χ2n) is 5.99. The number of rotatable bonds is 4. The van der Waals surface area contributed by atoms with Crippen LogP contribution in [0.2, 0.25) is 0 Å². The van der Waals surface area contributed by atoms with E-state index in [2.05, 4.69) is 31.4 Å². The van der Waals surface area contributed by atoms with E-state index in [1.54, 1.807) is 0 Å². The Morgan fingerprint density at radius 3 is 2.56 bits per heavy atom. The van der Waals surface area contributed by atoms with Crippen LogP contribution in [-0.2, 0) is 4.79 Å². The monoisotopic (exact) mass is 241 g/mol. The van der Waals surface area contributed by atoms with Gasteiger partial charge in [-0.25, -0.2) is 0 Å². The van der Waals surface area contributed by atoms with Gasteiger partial charge in [-0.05, 0) is 35.8 Å². The van der Waals surface area contributed by atoms with E-state index in [9.17, 15) is 4.79 Å². The van der Waals surface area contributed by atoms with E-state index < -0.39 is 0 Å². The molecule has 1 heterocycles. The standard InChI is InChI=1S/C13H23NOS/c1-10(2)11-6-12(15)14(7-11)8-13(9-16)4-3-5-13/h10-11,16H,3-9H2,1-2H3. The van der Waals surface area contributed by atoms with E-state index in [1.807, 2.05) is 0 Å². The summed E-state index contributed by atoms with van der Waals surface area (Å²) in [5.41, 5.74) is 0.352. The molecular weight excluding hydrogens is 218 g/mol. The molecule has 0 bridgehead atoms. The molecule has 0 N–H and O–H groups in total. The molecule has 0 aromatic heterocycles. The molecule has 1 unspecified atom stereocenters. The predicted molar refractivity (Wildman–Crippen MR) is 69.7 cm³/mol. The van der Waals surface area contributed by atoms with Gasteiger partial charge in [-0.15, -0.1) is 0 Å². The number of nitrogens with zero attached hydrogens (tertiary/aromatic N) is 1. The number of carbonyl (C=O) groups excluding carboxylic acids is 1. The van der Waals surface area contributed by atoms with Crippen LogP contribution in [0.5, 0.6) is 0 Å². The van der Waals surface area contributed by atoms with Gasteiger partial charge < -0.3 is 4.90 Å². The average molecular weight is 241 g/mol. The van der Waals surface area contributed by atoms with Gasteiger partial charge in [0.25, 0.3) is 0 Å². The maximum Gasteiger partial charge on any atom is 0.222 e. The zero-order chi connectivity index (χ0) is 11.8. The van der Waals surface area contributed by atoms with E-state index in [0.29, 0.717) is 23.2 Å². The zero-order valence-corrected chi connectivity index (χ0v) is 11.3. The molecule has 0 spiro atoms. The summed E-state index contributed by atoms with van der Waals surface area (Å²) in [5.74, 6) is 2.50. The Kier molecular flexibility index (Phi) is 3.53. The average Bonchev–Trinajstić information content (AvgIpc) is 2.54. The van der Waals surface area contributed by atoms with Crippen LogP contribution >= 0.6 is 12.6 Å². The van der Waals surface area contributed by atoms with Crippen LogP contribution in [0, 0.1) is 17.3 Å². The van der Waals surface area contributed by atoms with Crippen molar-refractivity contribution in [3.8, 4) is 0 Å². The number of amides is 1. The Morgan fingerprint density at radius 2 is 2.19 bits per heavy atom. The summed E-state index contributed by atoms with van der Waals surface area (Å²) in [5, 5.41) is 0. The molecular formula is C13H23NOS. The maximum atomic E-state index is 11.9. The molecule has 1 aliphatic carbocycles. The van der Waals surface area contributed by atoms with Crippen molar-refractivity contribution < 1.29 is 4.79 Å². The second-order valence-corrected chi connectivity index (χ2v) is 6.31. The molecule has 1 aliphatic heterocycles. The molecule has 0 aromatic rings. The molecule has 1 atom stereocenters. The van der Waals surface area contributed by atoms with Crippen molar-refractivity contribution in [2.45, 2.75) is 39.5 Å². The number of hydrogen-bond donors (Lipinski definition) is 1. The minimum Gasteiger partial charge on any atom is -0.342 e. The third-order valence-corrected chi connectivity index (χ3v) is 5.13. The Balaban J connectivity index is 1.93. The van der Waals surface area contributed by atoms with Crippen LogP contribution < -0.4 is 0 Å². The van der Waals surface area contributed by atoms with E-state index in [1.165, 1.54) is 19.3 Å². The fraction of sp³-hybridized carbons (Fsp3) is 0.923.